The molecule has 4 aliphatic rings. The van der Waals surface area contributed by atoms with Gasteiger partial charge in [-0.25, -0.2) is 4.79 Å². The van der Waals surface area contributed by atoms with E-state index in [0.29, 0.717) is 22.3 Å². The molecule has 38 heavy (non-hydrogen) atoms. The zero-order chi connectivity index (χ0) is 27.3. The smallest absolute Gasteiger partial charge is 0.338 e. The first-order valence-electron chi connectivity index (χ1n) is 16.0. The van der Waals surface area contributed by atoms with E-state index in [1.54, 1.807) is 0 Å². The minimum Gasteiger partial charge on any atom is -0.458 e. The molecule has 2 nitrogen and oxygen atoms in total. The molecule has 3 saturated carbocycles. The van der Waals surface area contributed by atoms with E-state index in [4.69, 9.17) is 4.74 Å². The number of hydrogen-bond donors (Lipinski definition) is 0. The summed E-state index contributed by atoms with van der Waals surface area (Å²) in [6, 6.07) is 9.55. The van der Waals surface area contributed by atoms with Gasteiger partial charge in [-0.15, -0.1) is 0 Å². The maximum absolute atomic E-state index is 13.0. The maximum atomic E-state index is 13.0. The summed E-state index contributed by atoms with van der Waals surface area (Å²) in [4.78, 5) is 13.0. The highest BCUT2D eigenvalue weighted by molar-refractivity contribution is 5.89. The second kappa shape index (κ2) is 10.4. The third-order valence-electron chi connectivity index (χ3n) is 12.3. The van der Waals surface area contributed by atoms with Crippen LogP contribution in [0.5, 0.6) is 0 Å². The summed E-state index contributed by atoms with van der Waals surface area (Å²) in [7, 11) is 0. The summed E-state index contributed by atoms with van der Waals surface area (Å²) < 4.78 is 6.24. The van der Waals surface area contributed by atoms with Gasteiger partial charge in [0.05, 0.1) is 5.56 Å². The first-order chi connectivity index (χ1) is 18.0. The van der Waals surface area contributed by atoms with Crippen LogP contribution in [0.4, 0.5) is 0 Å². The molecule has 3 fully saturated rings. The molecule has 0 bridgehead atoms. The van der Waals surface area contributed by atoms with Crippen LogP contribution in [0.2, 0.25) is 0 Å². The lowest BCUT2D eigenvalue weighted by molar-refractivity contribution is -0.132. The van der Waals surface area contributed by atoms with Gasteiger partial charge in [-0.2, -0.15) is 0 Å². The first-order valence-corrected chi connectivity index (χ1v) is 16.0. The van der Waals surface area contributed by atoms with Gasteiger partial charge in [0, 0.05) is 5.41 Å². The summed E-state index contributed by atoms with van der Waals surface area (Å²) in [6.07, 6.45) is 14.4. The summed E-state index contributed by atoms with van der Waals surface area (Å²) in [5.74, 6) is 3.71. The Morgan fingerprint density at radius 2 is 1.66 bits per heavy atom. The predicted octanol–water partition coefficient (Wildman–Crippen LogP) is 10.0. The van der Waals surface area contributed by atoms with Crippen molar-refractivity contribution in [3.63, 3.8) is 0 Å². The van der Waals surface area contributed by atoms with Gasteiger partial charge in [-0.3, -0.25) is 0 Å². The Morgan fingerprint density at radius 1 is 0.921 bits per heavy atom. The standard InChI is InChI=1S/C36H54O2/c1-24(2)12-11-13-25(3)28-17-18-29-27-16-19-31-34(4,5)32(38-33(37)26-14-9-8-10-15-26)21-23-36(31,7)30(27)20-22-35(28,29)6/h8-10,14-15,24-25,28,30-32H,11-13,16-23H2,1-7H3/t25-,28-,30+,31+,32+,35-,36-/m1/s1. The van der Waals surface area contributed by atoms with Crippen molar-refractivity contribution in [1.29, 1.82) is 0 Å². The van der Waals surface area contributed by atoms with Crippen molar-refractivity contribution in [1.82, 2.24) is 0 Å². The molecule has 0 spiro atoms. The quantitative estimate of drug-likeness (QED) is 0.265. The molecule has 210 valence electrons. The van der Waals surface area contributed by atoms with Crippen molar-refractivity contribution in [2.24, 2.45) is 45.8 Å². The SMILES string of the molecule is CC(C)CCC[C@@H](C)[C@H]1CCC2=C3CC[C@H]4C(C)(C)[C@@H](OC(=O)c5ccccc5)CC[C@]4(C)[C@H]3CC[C@@]21C. The number of carbonyl (C=O) groups is 1. The Morgan fingerprint density at radius 3 is 2.37 bits per heavy atom. The molecule has 7 atom stereocenters. The molecule has 0 amide bonds. The van der Waals surface area contributed by atoms with Gasteiger partial charge >= 0.3 is 5.97 Å². The van der Waals surface area contributed by atoms with Crippen LogP contribution >= 0.6 is 0 Å². The number of fused-ring (bicyclic) bond motifs is 4. The van der Waals surface area contributed by atoms with E-state index in [1.165, 1.54) is 64.2 Å². The minimum absolute atomic E-state index is 0.00103. The average Bonchev–Trinajstić information content (AvgIpc) is 3.23. The van der Waals surface area contributed by atoms with Crippen molar-refractivity contribution in [2.45, 2.75) is 125 Å². The first kappa shape index (κ1) is 28.0. The van der Waals surface area contributed by atoms with Gasteiger partial charge < -0.3 is 4.74 Å². The van der Waals surface area contributed by atoms with Gasteiger partial charge in [0.15, 0.2) is 0 Å². The van der Waals surface area contributed by atoms with Crippen molar-refractivity contribution in [3.05, 3.63) is 47.0 Å². The van der Waals surface area contributed by atoms with Crippen LogP contribution in [-0.4, -0.2) is 12.1 Å². The van der Waals surface area contributed by atoms with Crippen LogP contribution in [0.3, 0.4) is 0 Å². The van der Waals surface area contributed by atoms with Crippen molar-refractivity contribution in [2.75, 3.05) is 0 Å². The molecule has 0 radical (unpaired) electrons. The number of carbonyl (C=O) groups excluding carboxylic acids is 1. The van der Waals surface area contributed by atoms with Gasteiger partial charge in [-0.1, -0.05) is 97.1 Å². The summed E-state index contributed by atoms with van der Waals surface area (Å²) >= 11 is 0. The number of ether oxygens (including phenoxy) is 1. The number of hydrogen-bond acceptors (Lipinski definition) is 2. The third-order valence-corrected chi connectivity index (χ3v) is 12.3. The zero-order valence-corrected chi connectivity index (χ0v) is 25.4. The molecule has 0 saturated heterocycles. The molecule has 1 aromatic rings. The molecule has 0 unspecified atom stereocenters. The monoisotopic (exact) mass is 518 g/mol. The van der Waals surface area contributed by atoms with Crippen LogP contribution < -0.4 is 0 Å². The van der Waals surface area contributed by atoms with E-state index in [-0.39, 0.29) is 17.5 Å². The fourth-order valence-corrected chi connectivity index (χ4v) is 10.3. The second-order valence-corrected chi connectivity index (χ2v) is 15.2. The summed E-state index contributed by atoms with van der Waals surface area (Å²) in [5, 5.41) is 0. The topological polar surface area (TPSA) is 26.3 Å². The van der Waals surface area contributed by atoms with Crippen LogP contribution in [0.15, 0.2) is 41.5 Å². The number of esters is 1. The molecule has 0 aliphatic heterocycles. The van der Waals surface area contributed by atoms with Crippen LogP contribution in [-0.2, 0) is 4.74 Å². The van der Waals surface area contributed by atoms with Crippen LogP contribution in [0.25, 0.3) is 0 Å². The highest BCUT2D eigenvalue weighted by Crippen LogP contribution is 2.68. The lowest BCUT2D eigenvalue weighted by Gasteiger charge is -2.62. The highest BCUT2D eigenvalue weighted by atomic mass is 16.5. The largest absolute Gasteiger partial charge is 0.458 e. The maximum Gasteiger partial charge on any atom is 0.338 e. The van der Waals surface area contributed by atoms with E-state index in [0.717, 1.165) is 30.1 Å². The zero-order valence-electron chi connectivity index (χ0n) is 25.4. The molecule has 5 rings (SSSR count). The molecule has 4 aliphatic carbocycles. The van der Waals surface area contributed by atoms with Crippen LogP contribution in [0, 0.1) is 45.8 Å². The molecule has 1 aromatic carbocycles. The Bertz CT molecular complexity index is 1030. The fourth-order valence-electron chi connectivity index (χ4n) is 10.3. The summed E-state index contributed by atoms with van der Waals surface area (Å²) in [6.45, 7) is 17.4. The second-order valence-electron chi connectivity index (χ2n) is 15.2. The minimum atomic E-state index is -0.154. The summed E-state index contributed by atoms with van der Waals surface area (Å²) in [5.41, 5.74) is 5.20. The Kier molecular flexibility index (Phi) is 7.69. The normalized spacial score (nSPS) is 36.8. The predicted molar refractivity (Wildman–Crippen MR) is 158 cm³/mol. The third kappa shape index (κ3) is 4.71. The van der Waals surface area contributed by atoms with Gasteiger partial charge in [0.25, 0.3) is 0 Å². The lowest BCUT2D eigenvalue weighted by Crippen LogP contribution is -2.56. The molecule has 0 N–H and O–H groups in total. The van der Waals surface area contributed by atoms with E-state index >= 15 is 0 Å². The van der Waals surface area contributed by atoms with E-state index in [1.807, 2.05) is 41.5 Å². The average molecular weight is 519 g/mol. The molecular formula is C36H54O2. The molecular weight excluding hydrogens is 464 g/mol. The van der Waals surface area contributed by atoms with Crippen LogP contribution in [0.1, 0.15) is 129 Å². The lowest BCUT2D eigenvalue weighted by atomic mass is 9.44. The number of allylic oxidation sites excluding steroid dienone is 2. The van der Waals surface area contributed by atoms with Crippen molar-refractivity contribution >= 4 is 5.97 Å². The highest BCUT2D eigenvalue weighted by Gasteiger charge is 2.60. The van der Waals surface area contributed by atoms with Gasteiger partial charge in [0.2, 0.25) is 0 Å². The Balaban J connectivity index is 1.33. The molecule has 0 heterocycles. The van der Waals surface area contributed by atoms with Gasteiger partial charge in [0.1, 0.15) is 6.10 Å². The molecule has 2 heteroatoms. The van der Waals surface area contributed by atoms with E-state index < -0.39 is 0 Å². The molecule has 0 aromatic heterocycles. The van der Waals surface area contributed by atoms with Crippen molar-refractivity contribution in [3.8, 4) is 0 Å². The van der Waals surface area contributed by atoms with Crippen molar-refractivity contribution < 1.29 is 9.53 Å². The van der Waals surface area contributed by atoms with E-state index in [9.17, 15) is 4.79 Å². The van der Waals surface area contributed by atoms with Gasteiger partial charge in [-0.05, 0) is 104 Å². The number of rotatable bonds is 7. The van der Waals surface area contributed by atoms with E-state index in [2.05, 4.69) is 48.5 Å². The fraction of sp³-hybridized carbons (Fsp3) is 0.750. The Labute approximate surface area is 233 Å². The number of benzene rings is 1. The Hall–Kier alpha value is -1.57.